The quantitative estimate of drug-likeness (QED) is 0.174. The number of nitrogens with zero attached hydrogens (tertiary/aromatic N) is 3. The number of hydrogen-bond acceptors (Lipinski definition) is 9. The van der Waals surface area contributed by atoms with Crippen molar-refractivity contribution in [2.24, 2.45) is 0 Å². The summed E-state index contributed by atoms with van der Waals surface area (Å²) in [6, 6.07) is 12.4. The van der Waals surface area contributed by atoms with Crippen LogP contribution in [0.1, 0.15) is 27.4 Å². The van der Waals surface area contributed by atoms with Crippen LogP contribution in [-0.2, 0) is 0 Å². The van der Waals surface area contributed by atoms with Crippen LogP contribution in [-0.4, -0.2) is 37.6 Å². The molecule has 11 heteroatoms. The molecule has 0 amide bonds. The second kappa shape index (κ2) is 8.54. The highest BCUT2D eigenvalue weighted by molar-refractivity contribution is 7.20. The summed E-state index contributed by atoms with van der Waals surface area (Å²) in [4.78, 5) is 29.1. The smallest absolute Gasteiger partial charge is 0.270 e. The maximum absolute atomic E-state index is 13.7. The average molecular weight is 506 g/mol. The molecule has 36 heavy (non-hydrogen) atoms. The Balaban J connectivity index is 1.82. The van der Waals surface area contributed by atoms with Gasteiger partial charge in [0.1, 0.15) is 17.3 Å². The highest BCUT2D eigenvalue weighted by atomic mass is 32.1. The highest BCUT2D eigenvalue weighted by Gasteiger charge is 2.33. The molecular formula is C25H19N3O7S. The van der Waals surface area contributed by atoms with Gasteiger partial charge in [0.25, 0.3) is 5.69 Å². The van der Waals surface area contributed by atoms with Gasteiger partial charge in [-0.15, -0.1) is 0 Å². The lowest BCUT2D eigenvalue weighted by Gasteiger charge is -2.09. The fourth-order valence-corrected chi connectivity index (χ4v) is 5.10. The van der Waals surface area contributed by atoms with Gasteiger partial charge < -0.3 is 19.4 Å². The molecule has 0 bridgehead atoms. The van der Waals surface area contributed by atoms with Crippen molar-refractivity contribution in [2.45, 2.75) is 13.8 Å². The van der Waals surface area contributed by atoms with Crippen LogP contribution in [0.25, 0.3) is 26.6 Å². The van der Waals surface area contributed by atoms with Crippen molar-refractivity contribution in [1.29, 1.82) is 0 Å². The van der Waals surface area contributed by atoms with Crippen molar-refractivity contribution in [3.8, 4) is 33.8 Å². The molecule has 3 aromatic heterocycles. The number of rotatable bonds is 6. The molecule has 0 radical (unpaired) electrons. The molecule has 0 saturated carbocycles. The van der Waals surface area contributed by atoms with E-state index in [1.165, 1.54) is 47.3 Å². The molecule has 0 spiro atoms. The van der Waals surface area contributed by atoms with Crippen molar-refractivity contribution in [1.82, 2.24) is 9.55 Å². The minimum Gasteiger partial charge on any atom is -0.503 e. The number of benzene rings is 2. The first-order valence-electron chi connectivity index (χ1n) is 10.7. The molecule has 0 unspecified atom stereocenters. The Morgan fingerprint density at radius 3 is 2.61 bits per heavy atom. The van der Waals surface area contributed by atoms with Crippen LogP contribution in [0.2, 0.25) is 0 Å². The van der Waals surface area contributed by atoms with E-state index in [0.717, 1.165) is 4.70 Å². The van der Waals surface area contributed by atoms with E-state index < -0.39 is 22.3 Å². The van der Waals surface area contributed by atoms with Gasteiger partial charge in [-0.05, 0) is 38.1 Å². The Hall–Kier alpha value is -4.64. The maximum Gasteiger partial charge on any atom is 0.270 e. The number of aryl methyl sites for hydroxylation is 2. The normalized spacial score (nSPS) is 11.2. The zero-order valence-electron chi connectivity index (χ0n) is 19.3. The number of ketones is 1. The molecule has 0 aliphatic rings. The number of nitro groups is 1. The number of non-ortho nitro benzene ring substituents is 1. The zero-order chi connectivity index (χ0) is 25.7. The molecule has 182 valence electrons. The van der Waals surface area contributed by atoms with Crippen LogP contribution in [0.3, 0.4) is 0 Å². The Labute approximate surface area is 207 Å². The number of hydrogen-bond donors (Lipinski definition) is 2. The Bertz CT molecular complexity index is 1680. The highest BCUT2D eigenvalue weighted by Crippen LogP contribution is 2.46. The molecule has 0 saturated heterocycles. The van der Waals surface area contributed by atoms with Crippen LogP contribution >= 0.6 is 11.3 Å². The lowest BCUT2D eigenvalue weighted by atomic mass is 9.99. The van der Waals surface area contributed by atoms with Crippen LogP contribution in [0.15, 0.2) is 52.9 Å². The SMILES string of the molecule is COc1ccc2nc(-n3c(O)c(O)c(C(=O)c4cc(C)oc4C)c3-c3cccc([N+](=O)[O-])c3)sc2c1. The fraction of sp³-hybridized carbons (Fsp3) is 0.120. The standard InChI is InChI=1S/C25H19N3O7S/c1-12-9-17(13(2)35-12)22(29)20-21(14-5-4-6-15(10-14)28(32)33)27(24(31)23(20)30)25-26-18-8-7-16(34-3)11-19(18)36-25/h4-11,30-31H,1-3H3. The van der Waals surface area contributed by atoms with E-state index in [1.807, 2.05) is 0 Å². The van der Waals surface area contributed by atoms with Gasteiger partial charge in [0.05, 0.1) is 39.1 Å². The van der Waals surface area contributed by atoms with E-state index in [9.17, 15) is 25.1 Å². The average Bonchev–Trinajstić information content (AvgIpc) is 3.51. The summed E-state index contributed by atoms with van der Waals surface area (Å²) in [6.45, 7) is 3.30. The predicted octanol–water partition coefficient (Wildman–Crippen LogP) is 5.52. The fourth-order valence-electron chi connectivity index (χ4n) is 4.10. The Morgan fingerprint density at radius 2 is 1.94 bits per heavy atom. The second-order valence-electron chi connectivity index (χ2n) is 8.02. The third kappa shape index (κ3) is 3.66. The summed E-state index contributed by atoms with van der Waals surface area (Å²) < 4.78 is 12.7. The maximum atomic E-state index is 13.7. The summed E-state index contributed by atoms with van der Waals surface area (Å²) in [6.07, 6.45) is 0. The number of aromatic hydroxyl groups is 2. The zero-order valence-corrected chi connectivity index (χ0v) is 20.1. The van der Waals surface area contributed by atoms with E-state index >= 15 is 0 Å². The summed E-state index contributed by atoms with van der Waals surface area (Å²) in [7, 11) is 1.54. The van der Waals surface area contributed by atoms with Crippen molar-refractivity contribution in [3.63, 3.8) is 0 Å². The summed E-state index contributed by atoms with van der Waals surface area (Å²) in [5.41, 5.74) is 0.639. The first-order chi connectivity index (χ1) is 17.2. The Kier molecular flexibility index (Phi) is 5.48. The van der Waals surface area contributed by atoms with Gasteiger partial charge in [-0.25, -0.2) is 4.98 Å². The van der Waals surface area contributed by atoms with Gasteiger partial charge in [0.2, 0.25) is 11.7 Å². The van der Waals surface area contributed by atoms with E-state index in [2.05, 4.69) is 4.98 Å². The van der Waals surface area contributed by atoms with Gasteiger partial charge >= 0.3 is 0 Å². The van der Waals surface area contributed by atoms with Crippen LogP contribution in [0.5, 0.6) is 17.4 Å². The molecule has 2 aromatic carbocycles. The molecule has 0 aliphatic carbocycles. The topological polar surface area (TPSA) is 141 Å². The van der Waals surface area contributed by atoms with Crippen molar-refractivity contribution in [2.75, 3.05) is 7.11 Å². The summed E-state index contributed by atoms with van der Waals surface area (Å²) in [5, 5.41) is 33.7. The second-order valence-corrected chi connectivity index (χ2v) is 9.03. The Morgan fingerprint density at radius 1 is 1.17 bits per heavy atom. The largest absolute Gasteiger partial charge is 0.503 e. The van der Waals surface area contributed by atoms with Crippen LogP contribution in [0, 0.1) is 24.0 Å². The molecule has 0 atom stereocenters. The molecule has 2 N–H and O–H groups in total. The van der Waals surface area contributed by atoms with Crippen LogP contribution < -0.4 is 4.74 Å². The number of nitro benzene ring substituents is 1. The number of aromatic nitrogens is 2. The molecule has 3 heterocycles. The third-order valence-electron chi connectivity index (χ3n) is 5.74. The van der Waals surface area contributed by atoms with Gasteiger partial charge in [0, 0.05) is 17.7 Å². The number of carbonyl (C=O) groups is 1. The van der Waals surface area contributed by atoms with Gasteiger partial charge in [0.15, 0.2) is 10.9 Å². The summed E-state index contributed by atoms with van der Waals surface area (Å²) in [5.74, 6) is -0.462. The third-order valence-corrected chi connectivity index (χ3v) is 6.74. The molecule has 0 aliphatic heterocycles. The number of thiazole rings is 1. The van der Waals surface area contributed by atoms with Crippen molar-refractivity contribution < 1.29 is 29.1 Å². The predicted molar refractivity (Wildman–Crippen MR) is 133 cm³/mol. The van der Waals surface area contributed by atoms with Gasteiger partial charge in [-0.2, -0.15) is 0 Å². The van der Waals surface area contributed by atoms with E-state index in [-0.39, 0.29) is 33.2 Å². The summed E-state index contributed by atoms with van der Waals surface area (Å²) >= 11 is 1.19. The minimum absolute atomic E-state index is 0.0583. The molecule has 10 nitrogen and oxygen atoms in total. The molecule has 5 aromatic rings. The first kappa shape index (κ1) is 23.1. The number of ether oxygens (including phenoxy) is 1. The molecule has 0 fully saturated rings. The van der Waals surface area contributed by atoms with Crippen LogP contribution in [0.4, 0.5) is 5.69 Å². The first-order valence-corrected chi connectivity index (χ1v) is 11.5. The number of methoxy groups -OCH3 is 1. The van der Waals surface area contributed by atoms with Crippen molar-refractivity contribution in [3.05, 3.63) is 81.3 Å². The lowest BCUT2D eigenvalue weighted by Crippen LogP contribution is -2.05. The monoisotopic (exact) mass is 505 g/mol. The van der Waals surface area contributed by atoms with Gasteiger partial charge in [-0.1, -0.05) is 23.5 Å². The number of fused-ring (bicyclic) bond motifs is 1. The van der Waals surface area contributed by atoms with E-state index in [1.54, 1.807) is 38.1 Å². The number of furan rings is 1. The minimum atomic E-state index is -0.670. The van der Waals surface area contributed by atoms with E-state index in [0.29, 0.717) is 22.8 Å². The van der Waals surface area contributed by atoms with Crippen molar-refractivity contribution >= 4 is 33.0 Å². The van der Waals surface area contributed by atoms with Gasteiger partial charge in [-0.3, -0.25) is 19.5 Å². The molecular weight excluding hydrogens is 486 g/mol. The molecule has 5 rings (SSSR count). The number of carbonyl (C=O) groups excluding carboxylic acids is 1. The van der Waals surface area contributed by atoms with E-state index in [4.69, 9.17) is 9.15 Å². The lowest BCUT2D eigenvalue weighted by molar-refractivity contribution is -0.384.